The Kier molecular flexibility index (Phi) is 11.4. The zero-order chi connectivity index (χ0) is 22.0. The first-order chi connectivity index (χ1) is 13.8. The minimum absolute atomic E-state index is 0.00202. The first-order valence-corrected chi connectivity index (χ1v) is 10.8. The molecule has 1 fully saturated rings. The Balaban J connectivity index is 2.87. The molecule has 1 aliphatic heterocycles. The maximum absolute atomic E-state index is 13.0. The fourth-order valence-electron chi connectivity index (χ4n) is 3.07. The predicted octanol–water partition coefficient (Wildman–Crippen LogP) is -1.65. The van der Waals surface area contributed by atoms with Crippen LogP contribution in [0.25, 0.3) is 0 Å². The van der Waals surface area contributed by atoms with Crippen LogP contribution >= 0.6 is 25.3 Å². The van der Waals surface area contributed by atoms with Crippen LogP contribution in [0.4, 0.5) is 0 Å². The number of likely N-dealkylation sites (tertiary alicyclic amines) is 1. The van der Waals surface area contributed by atoms with Gasteiger partial charge in [-0.2, -0.15) is 25.3 Å². The van der Waals surface area contributed by atoms with Crippen LogP contribution in [0.2, 0.25) is 0 Å². The Labute approximate surface area is 181 Å². The molecule has 0 spiro atoms. The van der Waals surface area contributed by atoms with E-state index in [0.717, 1.165) is 0 Å². The average Bonchev–Trinajstić information content (AvgIpc) is 3.20. The fourth-order valence-corrected chi connectivity index (χ4v) is 3.49. The molecule has 12 heteroatoms. The Hall–Kier alpha value is -1.50. The number of nitrogens with two attached hydrogens (primary N) is 2. The summed E-state index contributed by atoms with van der Waals surface area (Å²) in [6.45, 7) is 0.760. The molecule has 3 amide bonds. The van der Waals surface area contributed by atoms with Gasteiger partial charge in [-0.1, -0.05) is 0 Å². The summed E-state index contributed by atoms with van der Waals surface area (Å²) in [6.07, 6.45) is 2.52. The number of carbonyl (C=O) groups excluding carboxylic acids is 3. The topological polar surface area (TPSA) is 168 Å². The summed E-state index contributed by atoms with van der Waals surface area (Å²) in [5.74, 6) is -2.54. The van der Waals surface area contributed by atoms with Crippen molar-refractivity contribution in [1.29, 1.82) is 0 Å². The zero-order valence-corrected chi connectivity index (χ0v) is 18.0. The average molecular weight is 450 g/mol. The number of hydrogen-bond acceptors (Lipinski definition) is 8. The van der Waals surface area contributed by atoms with Crippen LogP contribution in [0.3, 0.4) is 0 Å². The van der Waals surface area contributed by atoms with Crippen molar-refractivity contribution in [2.24, 2.45) is 11.5 Å². The second kappa shape index (κ2) is 12.9. The van der Waals surface area contributed by atoms with E-state index in [9.17, 15) is 24.3 Å². The molecule has 0 aromatic rings. The van der Waals surface area contributed by atoms with Crippen LogP contribution in [0.1, 0.15) is 32.1 Å². The minimum atomic E-state index is -1.07. The molecule has 0 aromatic heterocycles. The van der Waals surface area contributed by atoms with E-state index in [2.05, 4.69) is 35.9 Å². The molecule has 1 saturated heterocycles. The van der Waals surface area contributed by atoms with E-state index in [1.54, 1.807) is 0 Å². The fraction of sp³-hybridized carbons (Fsp3) is 0.765. The Bertz CT molecular complexity index is 595. The molecule has 1 heterocycles. The number of amides is 3. The molecule has 4 atom stereocenters. The maximum Gasteiger partial charge on any atom is 0.326 e. The second-order valence-corrected chi connectivity index (χ2v) is 7.64. The molecule has 0 bridgehead atoms. The van der Waals surface area contributed by atoms with Gasteiger partial charge in [-0.15, -0.1) is 0 Å². The monoisotopic (exact) mass is 449 g/mol. The van der Waals surface area contributed by atoms with E-state index in [1.165, 1.54) is 4.90 Å². The first kappa shape index (κ1) is 25.5. The Morgan fingerprint density at radius 3 is 2.28 bits per heavy atom. The Morgan fingerprint density at radius 2 is 1.72 bits per heavy atom. The van der Waals surface area contributed by atoms with Gasteiger partial charge in [0.1, 0.15) is 18.1 Å². The molecule has 0 aromatic carbocycles. The van der Waals surface area contributed by atoms with E-state index < -0.39 is 47.9 Å². The van der Waals surface area contributed by atoms with E-state index in [4.69, 9.17) is 11.5 Å². The van der Waals surface area contributed by atoms with Crippen molar-refractivity contribution in [2.75, 3.05) is 24.6 Å². The van der Waals surface area contributed by atoms with Crippen molar-refractivity contribution < 1.29 is 24.3 Å². The number of unbranched alkanes of at least 4 members (excludes halogenated alkanes) is 1. The predicted molar refractivity (Wildman–Crippen MR) is 115 cm³/mol. The normalized spacial score (nSPS) is 19.3. The van der Waals surface area contributed by atoms with Crippen molar-refractivity contribution in [3.05, 3.63) is 0 Å². The lowest BCUT2D eigenvalue weighted by Gasteiger charge is -2.28. The highest BCUT2D eigenvalue weighted by molar-refractivity contribution is 7.80. The highest BCUT2D eigenvalue weighted by Gasteiger charge is 2.38. The van der Waals surface area contributed by atoms with Crippen molar-refractivity contribution in [2.45, 2.75) is 56.3 Å². The summed E-state index contributed by atoms with van der Waals surface area (Å²) in [4.78, 5) is 50.3. The van der Waals surface area contributed by atoms with E-state index in [-0.39, 0.29) is 11.5 Å². The van der Waals surface area contributed by atoms with Gasteiger partial charge in [0.05, 0.1) is 6.04 Å². The molecule has 1 rings (SSSR count). The number of hydrogen-bond donors (Lipinski definition) is 7. The second-order valence-electron chi connectivity index (χ2n) is 6.91. The van der Waals surface area contributed by atoms with E-state index >= 15 is 0 Å². The molecule has 0 aliphatic carbocycles. The number of rotatable bonds is 12. The molecule has 10 nitrogen and oxygen atoms in total. The van der Waals surface area contributed by atoms with E-state index in [1.807, 2.05) is 0 Å². The number of carboxylic acids is 1. The molecular weight excluding hydrogens is 418 g/mol. The number of nitrogens with zero attached hydrogens (tertiary/aromatic N) is 1. The highest BCUT2D eigenvalue weighted by atomic mass is 32.1. The SMILES string of the molecule is NCCCCC(NC(=O)C(CS)NC(=O)C(N)CS)C(=O)N1CCCC1C(=O)O. The third-order valence-corrected chi connectivity index (χ3v) is 5.49. The van der Waals surface area contributed by atoms with Crippen LogP contribution in [0, 0.1) is 0 Å². The van der Waals surface area contributed by atoms with Crippen molar-refractivity contribution in [3.8, 4) is 0 Å². The van der Waals surface area contributed by atoms with Gasteiger partial charge in [-0.3, -0.25) is 14.4 Å². The van der Waals surface area contributed by atoms with Gasteiger partial charge in [-0.05, 0) is 38.6 Å². The van der Waals surface area contributed by atoms with Crippen LogP contribution in [-0.2, 0) is 19.2 Å². The highest BCUT2D eigenvalue weighted by Crippen LogP contribution is 2.20. The van der Waals surface area contributed by atoms with Crippen molar-refractivity contribution >= 4 is 48.9 Å². The summed E-state index contributed by atoms with van der Waals surface area (Å²) < 4.78 is 0. The number of carbonyl (C=O) groups is 4. The molecule has 4 unspecified atom stereocenters. The minimum Gasteiger partial charge on any atom is -0.480 e. The van der Waals surface area contributed by atoms with Crippen molar-refractivity contribution in [1.82, 2.24) is 15.5 Å². The lowest BCUT2D eigenvalue weighted by atomic mass is 10.1. The van der Waals surface area contributed by atoms with Gasteiger partial charge in [0.2, 0.25) is 17.7 Å². The summed E-state index contributed by atoms with van der Waals surface area (Å²) in [7, 11) is 0. The van der Waals surface area contributed by atoms with Crippen LogP contribution < -0.4 is 22.1 Å². The van der Waals surface area contributed by atoms with Crippen LogP contribution in [-0.4, -0.2) is 82.5 Å². The van der Waals surface area contributed by atoms with Crippen LogP contribution in [0.5, 0.6) is 0 Å². The Morgan fingerprint density at radius 1 is 1.07 bits per heavy atom. The smallest absolute Gasteiger partial charge is 0.326 e. The quantitative estimate of drug-likeness (QED) is 0.138. The van der Waals surface area contributed by atoms with Gasteiger partial charge >= 0.3 is 5.97 Å². The third-order valence-electron chi connectivity index (χ3n) is 4.73. The van der Waals surface area contributed by atoms with Gasteiger partial charge < -0.3 is 32.1 Å². The van der Waals surface area contributed by atoms with E-state index in [0.29, 0.717) is 45.2 Å². The number of carboxylic acid groups (broad SMARTS) is 1. The number of aliphatic carboxylic acids is 1. The summed E-state index contributed by atoms with van der Waals surface area (Å²) >= 11 is 8.04. The summed E-state index contributed by atoms with van der Waals surface area (Å²) in [6, 6.07) is -3.68. The van der Waals surface area contributed by atoms with Crippen LogP contribution in [0.15, 0.2) is 0 Å². The van der Waals surface area contributed by atoms with Gasteiger partial charge in [0.25, 0.3) is 0 Å². The standard InChI is InChI=1S/C17H31N5O5S2/c18-6-2-1-4-11(16(25)22-7-3-5-13(22)17(26)27)20-15(24)12(9-29)21-14(23)10(19)8-28/h10-13,28-29H,1-9,18-19H2,(H,20,24)(H,21,23)(H,26,27). The van der Waals surface area contributed by atoms with Crippen molar-refractivity contribution in [3.63, 3.8) is 0 Å². The zero-order valence-electron chi connectivity index (χ0n) is 16.2. The summed E-state index contributed by atoms with van der Waals surface area (Å²) in [5.41, 5.74) is 11.1. The molecule has 166 valence electrons. The molecule has 1 aliphatic rings. The van der Waals surface area contributed by atoms with Gasteiger partial charge in [0.15, 0.2) is 0 Å². The largest absolute Gasteiger partial charge is 0.480 e. The lowest BCUT2D eigenvalue weighted by Crippen LogP contribution is -2.57. The first-order valence-electron chi connectivity index (χ1n) is 9.58. The number of nitrogens with one attached hydrogen (secondary N) is 2. The summed E-state index contributed by atoms with van der Waals surface area (Å²) in [5, 5.41) is 14.5. The molecule has 7 N–H and O–H groups in total. The molecule has 0 saturated carbocycles. The molecule has 0 radical (unpaired) electrons. The van der Waals surface area contributed by atoms with Gasteiger partial charge in [-0.25, -0.2) is 4.79 Å². The third kappa shape index (κ3) is 7.68. The molecular formula is C17H31N5O5S2. The maximum atomic E-state index is 13.0. The number of thiol groups is 2. The molecule has 29 heavy (non-hydrogen) atoms. The lowest BCUT2D eigenvalue weighted by molar-refractivity contribution is -0.149. The van der Waals surface area contributed by atoms with Gasteiger partial charge in [0, 0.05) is 18.1 Å².